The summed E-state index contributed by atoms with van der Waals surface area (Å²) in [6.45, 7) is 0. The van der Waals surface area contributed by atoms with Crippen molar-refractivity contribution in [2.45, 2.75) is 24.5 Å². The molecule has 1 aliphatic heterocycles. The highest BCUT2D eigenvalue weighted by Crippen LogP contribution is 2.24. The quantitative estimate of drug-likeness (QED) is 0.834. The van der Waals surface area contributed by atoms with Gasteiger partial charge in [0.05, 0.1) is 18.1 Å². The van der Waals surface area contributed by atoms with Gasteiger partial charge in [-0.2, -0.15) is 5.10 Å². The lowest BCUT2D eigenvalue weighted by Gasteiger charge is -2.04. The molecule has 3 rings (SSSR count). The van der Waals surface area contributed by atoms with Gasteiger partial charge in [-0.1, -0.05) is 0 Å². The first-order valence-corrected chi connectivity index (χ1v) is 7.91. The molecule has 2 aromatic rings. The van der Waals surface area contributed by atoms with Crippen molar-refractivity contribution in [1.29, 1.82) is 0 Å². The van der Waals surface area contributed by atoms with Crippen LogP contribution in [-0.2, 0) is 16.3 Å². The van der Waals surface area contributed by atoms with Crippen molar-refractivity contribution in [3.05, 3.63) is 24.2 Å². The van der Waals surface area contributed by atoms with Crippen LogP contribution in [0.15, 0.2) is 18.3 Å². The highest BCUT2D eigenvalue weighted by molar-refractivity contribution is 7.92. The minimum absolute atomic E-state index is 0.286. The van der Waals surface area contributed by atoms with Crippen molar-refractivity contribution in [3.63, 3.8) is 0 Å². The first-order valence-electron chi connectivity index (χ1n) is 6.20. The molecular formula is C12H15N3O3S. The molecule has 102 valence electrons. The van der Waals surface area contributed by atoms with E-state index in [0.29, 0.717) is 30.1 Å². The number of pyridine rings is 1. The second-order valence-electron chi connectivity index (χ2n) is 4.71. The number of fused-ring (bicyclic) bond motifs is 1. The number of methoxy groups -OCH3 is 1. The van der Waals surface area contributed by atoms with Gasteiger partial charge in [0.25, 0.3) is 0 Å². The molecule has 0 aromatic carbocycles. The second kappa shape index (κ2) is 4.48. The molecular weight excluding hydrogens is 266 g/mol. The van der Waals surface area contributed by atoms with Crippen LogP contribution >= 0.6 is 0 Å². The Bertz CT molecular complexity index is 708. The third-order valence-corrected chi connectivity index (χ3v) is 5.74. The van der Waals surface area contributed by atoms with Crippen molar-refractivity contribution in [1.82, 2.24) is 14.6 Å². The first kappa shape index (κ1) is 12.4. The highest BCUT2D eigenvalue weighted by atomic mass is 32.2. The Kier molecular flexibility index (Phi) is 2.93. The maximum atomic E-state index is 11.8. The zero-order valence-corrected chi connectivity index (χ0v) is 11.4. The van der Waals surface area contributed by atoms with Gasteiger partial charge < -0.3 is 4.74 Å². The molecule has 1 unspecified atom stereocenters. The van der Waals surface area contributed by atoms with E-state index < -0.39 is 9.84 Å². The van der Waals surface area contributed by atoms with E-state index in [9.17, 15) is 8.42 Å². The van der Waals surface area contributed by atoms with Crippen molar-refractivity contribution in [2.75, 3.05) is 12.9 Å². The number of nitrogens with zero attached hydrogens (tertiary/aromatic N) is 3. The fourth-order valence-electron chi connectivity index (χ4n) is 2.46. The molecule has 1 fully saturated rings. The summed E-state index contributed by atoms with van der Waals surface area (Å²) in [5, 5.41) is 3.97. The minimum Gasteiger partial charge on any atom is -0.493 e. The molecule has 19 heavy (non-hydrogen) atoms. The molecule has 0 spiro atoms. The molecule has 0 aliphatic carbocycles. The van der Waals surface area contributed by atoms with Gasteiger partial charge in [-0.3, -0.25) is 0 Å². The van der Waals surface area contributed by atoms with Crippen molar-refractivity contribution < 1.29 is 13.2 Å². The average molecular weight is 281 g/mol. The minimum atomic E-state index is -2.96. The number of rotatable bonds is 3. The van der Waals surface area contributed by atoms with Crippen LogP contribution in [0.5, 0.6) is 5.75 Å². The Balaban J connectivity index is 1.94. The zero-order chi connectivity index (χ0) is 13.5. The lowest BCUT2D eigenvalue weighted by molar-refractivity contribution is 0.416. The average Bonchev–Trinajstić information content (AvgIpc) is 2.92. The van der Waals surface area contributed by atoms with Gasteiger partial charge in [0.2, 0.25) is 0 Å². The summed E-state index contributed by atoms with van der Waals surface area (Å²) >= 11 is 0. The van der Waals surface area contributed by atoms with E-state index in [-0.39, 0.29) is 11.0 Å². The van der Waals surface area contributed by atoms with E-state index in [4.69, 9.17) is 4.74 Å². The van der Waals surface area contributed by atoms with Gasteiger partial charge in [0.15, 0.2) is 27.1 Å². The Labute approximate surface area is 111 Å². The van der Waals surface area contributed by atoms with Crippen LogP contribution in [0.4, 0.5) is 0 Å². The van der Waals surface area contributed by atoms with Crippen LogP contribution in [0.2, 0.25) is 0 Å². The Morgan fingerprint density at radius 3 is 3.05 bits per heavy atom. The van der Waals surface area contributed by atoms with Crippen molar-refractivity contribution >= 4 is 15.5 Å². The molecule has 6 nitrogen and oxygen atoms in total. The first-order chi connectivity index (χ1) is 9.10. The fraction of sp³-hybridized carbons (Fsp3) is 0.500. The lowest BCUT2D eigenvalue weighted by atomic mass is 10.2. The maximum Gasteiger partial charge on any atom is 0.198 e. The summed E-state index contributed by atoms with van der Waals surface area (Å²) in [6.07, 6.45) is 3.60. The van der Waals surface area contributed by atoms with E-state index in [0.717, 1.165) is 6.42 Å². The predicted molar refractivity (Wildman–Crippen MR) is 70.1 cm³/mol. The van der Waals surface area contributed by atoms with Gasteiger partial charge >= 0.3 is 0 Å². The Morgan fingerprint density at radius 2 is 2.37 bits per heavy atom. The Morgan fingerprint density at radius 1 is 1.53 bits per heavy atom. The number of hydrogen-bond acceptors (Lipinski definition) is 5. The van der Waals surface area contributed by atoms with E-state index in [1.54, 1.807) is 23.9 Å². The fourth-order valence-corrected chi connectivity index (χ4v) is 4.29. The molecule has 1 saturated heterocycles. The lowest BCUT2D eigenvalue weighted by Crippen LogP contribution is -2.19. The topological polar surface area (TPSA) is 73.6 Å². The van der Waals surface area contributed by atoms with E-state index in [1.807, 2.05) is 6.07 Å². The molecule has 0 bridgehead atoms. The second-order valence-corrected chi connectivity index (χ2v) is 7.11. The van der Waals surface area contributed by atoms with E-state index >= 15 is 0 Å². The SMILES string of the molecule is COc1cccn2nc(CC3CCCS3(=O)=O)nc12. The summed E-state index contributed by atoms with van der Waals surface area (Å²) in [7, 11) is -1.38. The highest BCUT2D eigenvalue weighted by Gasteiger charge is 2.32. The van der Waals surface area contributed by atoms with Gasteiger partial charge in [-0.15, -0.1) is 0 Å². The standard InChI is InChI=1S/C12H15N3O3S/c1-18-10-5-2-6-15-12(10)13-11(14-15)8-9-4-3-7-19(9,16)17/h2,5-6,9H,3-4,7-8H2,1H3. The van der Waals surface area contributed by atoms with Crippen molar-refractivity contribution in [3.8, 4) is 5.75 Å². The molecule has 1 aliphatic rings. The molecule has 0 radical (unpaired) electrons. The number of aromatic nitrogens is 3. The largest absolute Gasteiger partial charge is 0.493 e. The van der Waals surface area contributed by atoms with E-state index in [1.165, 1.54) is 0 Å². The normalized spacial score (nSPS) is 21.8. The third kappa shape index (κ3) is 2.18. The van der Waals surface area contributed by atoms with Crippen LogP contribution in [0.3, 0.4) is 0 Å². The number of sulfone groups is 1. The maximum absolute atomic E-state index is 11.8. The summed E-state index contributed by atoms with van der Waals surface area (Å²) in [4.78, 5) is 4.37. The number of hydrogen-bond donors (Lipinski definition) is 0. The predicted octanol–water partition coefficient (Wildman–Crippen LogP) is 0.858. The molecule has 1 atom stereocenters. The van der Waals surface area contributed by atoms with Crippen molar-refractivity contribution in [2.24, 2.45) is 0 Å². The summed E-state index contributed by atoms with van der Waals surface area (Å²) < 4.78 is 30.5. The zero-order valence-electron chi connectivity index (χ0n) is 10.6. The smallest absolute Gasteiger partial charge is 0.198 e. The molecule has 3 heterocycles. The number of ether oxygens (including phenoxy) is 1. The van der Waals surface area contributed by atoms with Crippen LogP contribution in [-0.4, -0.2) is 41.1 Å². The molecule has 7 heteroatoms. The van der Waals surface area contributed by atoms with Gasteiger partial charge in [-0.25, -0.2) is 17.9 Å². The van der Waals surface area contributed by atoms with Crippen LogP contribution in [0.1, 0.15) is 18.7 Å². The van der Waals surface area contributed by atoms with Crippen LogP contribution in [0.25, 0.3) is 5.65 Å². The van der Waals surface area contributed by atoms with Crippen LogP contribution in [0, 0.1) is 0 Å². The molecule has 0 saturated carbocycles. The summed E-state index contributed by atoms with van der Waals surface area (Å²) in [6, 6.07) is 3.62. The summed E-state index contributed by atoms with van der Waals surface area (Å²) in [5.74, 6) is 1.48. The monoisotopic (exact) mass is 281 g/mol. The molecule has 0 N–H and O–H groups in total. The Hall–Kier alpha value is -1.63. The summed E-state index contributed by atoms with van der Waals surface area (Å²) in [5.41, 5.74) is 0.621. The van der Waals surface area contributed by atoms with E-state index in [2.05, 4.69) is 10.1 Å². The molecule has 0 amide bonds. The van der Waals surface area contributed by atoms with Gasteiger partial charge in [-0.05, 0) is 25.0 Å². The van der Waals surface area contributed by atoms with Gasteiger partial charge in [0.1, 0.15) is 0 Å². The van der Waals surface area contributed by atoms with Gasteiger partial charge in [0, 0.05) is 12.6 Å². The molecule has 2 aromatic heterocycles. The van der Waals surface area contributed by atoms with Crippen LogP contribution < -0.4 is 4.74 Å². The third-order valence-electron chi connectivity index (χ3n) is 3.46.